The zero-order valence-corrected chi connectivity index (χ0v) is 10.6. The van der Waals surface area contributed by atoms with Gasteiger partial charge in [-0.05, 0) is 25.2 Å². The summed E-state index contributed by atoms with van der Waals surface area (Å²) in [7, 11) is 0. The van der Waals surface area contributed by atoms with Gasteiger partial charge in [-0.25, -0.2) is 4.79 Å². The first kappa shape index (κ1) is 14.3. The third-order valence-corrected chi connectivity index (χ3v) is 2.76. The van der Waals surface area contributed by atoms with Gasteiger partial charge in [0.2, 0.25) is 0 Å². The Balaban J connectivity index is 4.27. The van der Waals surface area contributed by atoms with Crippen LogP contribution in [0.25, 0.3) is 0 Å². The lowest BCUT2D eigenvalue weighted by molar-refractivity contribution is 0.172. The number of nitrogens with zero attached hydrogens (tertiary/aromatic N) is 1. The third-order valence-electron chi connectivity index (χ3n) is 2.76. The first-order valence-electron chi connectivity index (χ1n) is 6.08. The Bertz CT molecular complexity index is 180. The molecule has 0 aromatic heterocycles. The minimum absolute atomic E-state index is 0.268. The predicted octanol–water partition coefficient (Wildman–Crippen LogP) is 2.99. The summed E-state index contributed by atoms with van der Waals surface area (Å²) in [5.74, 6) is 0.617. The van der Waals surface area contributed by atoms with Gasteiger partial charge < -0.3 is 10.6 Å². The maximum atomic E-state index is 11.3. The molecule has 0 aliphatic carbocycles. The quantitative estimate of drug-likeness (QED) is 0.695. The van der Waals surface area contributed by atoms with E-state index in [2.05, 4.69) is 27.7 Å². The number of urea groups is 1. The molecule has 3 heteroatoms. The molecule has 0 aliphatic rings. The van der Waals surface area contributed by atoms with Crippen LogP contribution in [0.4, 0.5) is 4.79 Å². The molecule has 2 amide bonds. The molecule has 3 nitrogen and oxygen atoms in total. The van der Waals surface area contributed by atoms with Crippen molar-refractivity contribution < 1.29 is 4.79 Å². The highest BCUT2D eigenvalue weighted by Gasteiger charge is 2.19. The average Bonchev–Trinajstić information content (AvgIpc) is 2.15. The number of rotatable bonds is 7. The normalized spacial score (nSPS) is 12.9. The molecule has 0 bridgehead atoms. The molecule has 0 rings (SSSR count). The van der Waals surface area contributed by atoms with E-state index in [9.17, 15) is 4.79 Å². The van der Waals surface area contributed by atoms with Crippen molar-refractivity contribution in [3.8, 4) is 0 Å². The van der Waals surface area contributed by atoms with E-state index in [4.69, 9.17) is 5.73 Å². The van der Waals surface area contributed by atoms with E-state index >= 15 is 0 Å². The molecular formula is C12H26N2O. The summed E-state index contributed by atoms with van der Waals surface area (Å²) in [5, 5.41) is 0. The highest BCUT2D eigenvalue weighted by Crippen LogP contribution is 2.13. The number of hydrogen-bond donors (Lipinski definition) is 1. The number of carbonyl (C=O) groups excluding carboxylic acids is 1. The summed E-state index contributed by atoms with van der Waals surface area (Å²) in [6.45, 7) is 9.39. The van der Waals surface area contributed by atoms with Crippen LogP contribution < -0.4 is 5.73 Å². The summed E-state index contributed by atoms with van der Waals surface area (Å²) in [5.41, 5.74) is 5.42. The Morgan fingerprint density at radius 3 is 2.20 bits per heavy atom. The zero-order chi connectivity index (χ0) is 11.8. The number of carbonyl (C=O) groups is 1. The van der Waals surface area contributed by atoms with Crippen LogP contribution in [0, 0.1) is 5.92 Å². The lowest BCUT2D eigenvalue weighted by Gasteiger charge is -2.30. The molecule has 0 aliphatic heterocycles. The molecule has 0 aromatic carbocycles. The Morgan fingerprint density at radius 1 is 1.27 bits per heavy atom. The van der Waals surface area contributed by atoms with Gasteiger partial charge in [0.15, 0.2) is 0 Å². The standard InChI is InChI=1S/C12H26N2O/c1-5-7-11(6-2)14(12(13)15)9-8-10(3)4/h10-11H,5-9H2,1-4H3,(H2,13,15). The third kappa shape index (κ3) is 5.65. The second-order valence-corrected chi connectivity index (χ2v) is 4.56. The van der Waals surface area contributed by atoms with Crippen molar-refractivity contribution in [1.29, 1.82) is 0 Å². The Kier molecular flexibility index (Phi) is 7.18. The van der Waals surface area contributed by atoms with Crippen LogP contribution in [-0.2, 0) is 0 Å². The van der Waals surface area contributed by atoms with E-state index in [-0.39, 0.29) is 6.03 Å². The number of primary amides is 1. The van der Waals surface area contributed by atoms with E-state index in [0.29, 0.717) is 12.0 Å². The summed E-state index contributed by atoms with van der Waals surface area (Å²) >= 11 is 0. The molecule has 0 radical (unpaired) electrons. The van der Waals surface area contributed by atoms with Gasteiger partial charge in [-0.3, -0.25) is 0 Å². The highest BCUT2D eigenvalue weighted by atomic mass is 16.2. The summed E-state index contributed by atoms with van der Waals surface area (Å²) < 4.78 is 0. The number of hydrogen-bond acceptors (Lipinski definition) is 1. The first-order chi connectivity index (χ1) is 7.02. The van der Waals surface area contributed by atoms with Crippen molar-refractivity contribution in [1.82, 2.24) is 4.90 Å². The lowest BCUT2D eigenvalue weighted by Crippen LogP contribution is -2.44. The second kappa shape index (κ2) is 7.55. The Labute approximate surface area is 94.0 Å². The van der Waals surface area contributed by atoms with Crippen molar-refractivity contribution in [2.45, 2.75) is 59.4 Å². The van der Waals surface area contributed by atoms with Crippen LogP contribution in [0.15, 0.2) is 0 Å². The zero-order valence-electron chi connectivity index (χ0n) is 10.6. The molecule has 2 N–H and O–H groups in total. The lowest BCUT2D eigenvalue weighted by atomic mass is 10.1. The monoisotopic (exact) mass is 214 g/mol. The Hall–Kier alpha value is -0.730. The van der Waals surface area contributed by atoms with Crippen molar-refractivity contribution in [3.63, 3.8) is 0 Å². The van der Waals surface area contributed by atoms with Crippen LogP contribution >= 0.6 is 0 Å². The van der Waals surface area contributed by atoms with Crippen LogP contribution in [0.1, 0.15) is 53.4 Å². The molecule has 1 unspecified atom stereocenters. The number of nitrogens with two attached hydrogens (primary N) is 1. The fourth-order valence-electron chi connectivity index (χ4n) is 1.78. The van der Waals surface area contributed by atoms with E-state index in [0.717, 1.165) is 32.2 Å². The minimum Gasteiger partial charge on any atom is -0.351 e. The topological polar surface area (TPSA) is 46.3 Å². The fraction of sp³-hybridized carbons (Fsp3) is 0.917. The molecule has 0 fully saturated rings. The van der Waals surface area contributed by atoms with Gasteiger partial charge in [0.1, 0.15) is 0 Å². The molecule has 0 spiro atoms. The summed E-state index contributed by atoms with van der Waals surface area (Å²) in [6.07, 6.45) is 4.18. The van der Waals surface area contributed by atoms with Gasteiger partial charge in [-0.15, -0.1) is 0 Å². The van der Waals surface area contributed by atoms with E-state index in [1.807, 2.05) is 4.90 Å². The summed E-state index contributed by atoms with van der Waals surface area (Å²) in [6, 6.07) is 0.0576. The van der Waals surface area contributed by atoms with Crippen LogP contribution in [0.2, 0.25) is 0 Å². The van der Waals surface area contributed by atoms with Crippen molar-refractivity contribution >= 4 is 6.03 Å². The maximum absolute atomic E-state index is 11.3. The van der Waals surface area contributed by atoms with Gasteiger partial charge in [-0.2, -0.15) is 0 Å². The first-order valence-corrected chi connectivity index (χ1v) is 6.08. The van der Waals surface area contributed by atoms with Crippen molar-refractivity contribution in [2.24, 2.45) is 11.7 Å². The van der Waals surface area contributed by atoms with E-state index in [1.54, 1.807) is 0 Å². The SMILES string of the molecule is CCCC(CC)N(CCC(C)C)C(N)=O. The second-order valence-electron chi connectivity index (χ2n) is 4.56. The molecule has 15 heavy (non-hydrogen) atoms. The number of amides is 2. The molecular weight excluding hydrogens is 188 g/mol. The fourth-order valence-corrected chi connectivity index (χ4v) is 1.78. The average molecular weight is 214 g/mol. The van der Waals surface area contributed by atoms with E-state index < -0.39 is 0 Å². The van der Waals surface area contributed by atoms with Crippen LogP contribution in [0.5, 0.6) is 0 Å². The molecule has 1 atom stereocenters. The minimum atomic E-state index is -0.268. The van der Waals surface area contributed by atoms with E-state index in [1.165, 1.54) is 0 Å². The molecule has 0 saturated carbocycles. The largest absolute Gasteiger partial charge is 0.351 e. The smallest absolute Gasteiger partial charge is 0.315 e. The highest BCUT2D eigenvalue weighted by molar-refractivity contribution is 5.72. The molecule has 0 heterocycles. The van der Waals surface area contributed by atoms with Gasteiger partial charge in [0.05, 0.1) is 0 Å². The maximum Gasteiger partial charge on any atom is 0.315 e. The van der Waals surface area contributed by atoms with Gasteiger partial charge in [0, 0.05) is 12.6 Å². The molecule has 0 saturated heterocycles. The predicted molar refractivity (Wildman–Crippen MR) is 64.7 cm³/mol. The van der Waals surface area contributed by atoms with Crippen molar-refractivity contribution in [3.05, 3.63) is 0 Å². The van der Waals surface area contributed by atoms with Crippen molar-refractivity contribution in [2.75, 3.05) is 6.54 Å². The van der Waals surface area contributed by atoms with Crippen LogP contribution in [0.3, 0.4) is 0 Å². The van der Waals surface area contributed by atoms with Crippen LogP contribution in [-0.4, -0.2) is 23.5 Å². The van der Waals surface area contributed by atoms with Gasteiger partial charge >= 0.3 is 6.03 Å². The van der Waals surface area contributed by atoms with Gasteiger partial charge in [-0.1, -0.05) is 34.1 Å². The Morgan fingerprint density at radius 2 is 1.87 bits per heavy atom. The van der Waals surface area contributed by atoms with Gasteiger partial charge in [0.25, 0.3) is 0 Å². The summed E-state index contributed by atoms with van der Waals surface area (Å²) in [4.78, 5) is 13.2. The molecule has 0 aromatic rings. The molecule has 90 valence electrons.